The van der Waals surface area contributed by atoms with Crippen molar-refractivity contribution in [3.8, 4) is 0 Å². The highest BCUT2D eigenvalue weighted by Gasteiger charge is 2.15. The number of esters is 1. The van der Waals surface area contributed by atoms with Gasteiger partial charge in [-0.2, -0.15) is 0 Å². The van der Waals surface area contributed by atoms with Gasteiger partial charge in [0.25, 0.3) is 0 Å². The third-order valence-electron chi connectivity index (χ3n) is 4.36. The van der Waals surface area contributed by atoms with E-state index in [9.17, 15) is 9.18 Å². The molecule has 0 aliphatic heterocycles. The molecule has 2 aromatic carbocycles. The number of aromatic nitrogens is 2. The van der Waals surface area contributed by atoms with Gasteiger partial charge in [0.05, 0.1) is 23.2 Å². The Labute approximate surface area is 174 Å². The maximum Gasteiger partial charge on any atom is 0.338 e. The number of nitrogens with zero attached hydrogens (tertiary/aromatic N) is 2. The van der Waals surface area contributed by atoms with Crippen LogP contribution in [-0.4, -0.2) is 35.3 Å². The number of aryl methyl sites for hydroxylation is 1. The first-order chi connectivity index (χ1) is 14.1. The number of carbonyl (C=O) groups is 1. The number of carbonyl (C=O) groups excluding carboxylic acids is 1. The van der Waals surface area contributed by atoms with Gasteiger partial charge in [-0.25, -0.2) is 14.2 Å². The minimum Gasteiger partial charge on any atom is -0.462 e. The Morgan fingerprint density at radius 3 is 2.79 bits per heavy atom. The average Bonchev–Trinajstić information content (AvgIpc) is 3.06. The number of rotatable bonds is 10. The van der Waals surface area contributed by atoms with Gasteiger partial charge in [-0.15, -0.1) is 0 Å². The van der Waals surface area contributed by atoms with Crippen LogP contribution >= 0.6 is 11.8 Å². The molecule has 0 spiro atoms. The van der Waals surface area contributed by atoms with Gasteiger partial charge in [0.2, 0.25) is 0 Å². The molecule has 1 aromatic heterocycles. The van der Waals surface area contributed by atoms with Crippen LogP contribution in [0.2, 0.25) is 0 Å². The molecule has 0 radical (unpaired) electrons. The zero-order valence-corrected chi connectivity index (χ0v) is 17.5. The molecule has 5 nitrogen and oxygen atoms in total. The van der Waals surface area contributed by atoms with Gasteiger partial charge in [-0.1, -0.05) is 23.9 Å². The van der Waals surface area contributed by atoms with Crippen molar-refractivity contribution in [1.82, 2.24) is 9.55 Å². The van der Waals surface area contributed by atoms with Crippen molar-refractivity contribution < 1.29 is 18.7 Å². The van der Waals surface area contributed by atoms with Crippen LogP contribution in [0.3, 0.4) is 0 Å². The smallest absolute Gasteiger partial charge is 0.338 e. The van der Waals surface area contributed by atoms with Crippen molar-refractivity contribution in [3.63, 3.8) is 0 Å². The van der Waals surface area contributed by atoms with Crippen LogP contribution in [0, 0.1) is 5.82 Å². The molecule has 0 atom stereocenters. The lowest BCUT2D eigenvalue weighted by molar-refractivity contribution is 0.0526. The standard InChI is InChI=1S/C22H25FN2O3S/c1-3-27-12-6-11-25-20-10-9-17(21(26)28-4-2)14-19(20)24-22(25)29-15-16-7-5-8-18(23)13-16/h5,7-10,13-14H,3-4,6,11-12,15H2,1-2H3. The van der Waals surface area contributed by atoms with E-state index in [0.717, 1.165) is 34.7 Å². The van der Waals surface area contributed by atoms with Crippen LogP contribution in [0.15, 0.2) is 47.6 Å². The summed E-state index contributed by atoms with van der Waals surface area (Å²) in [5, 5.41) is 0.835. The molecule has 0 amide bonds. The predicted molar refractivity (Wildman–Crippen MR) is 113 cm³/mol. The fourth-order valence-electron chi connectivity index (χ4n) is 3.02. The third kappa shape index (κ3) is 5.58. The van der Waals surface area contributed by atoms with E-state index in [0.29, 0.717) is 31.1 Å². The normalized spacial score (nSPS) is 11.1. The first-order valence-electron chi connectivity index (χ1n) is 9.74. The molecule has 0 aliphatic rings. The van der Waals surface area contributed by atoms with E-state index < -0.39 is 0 Å². The number of hydrogen-bond donors (Lipinski definition) is 0. The summed E-state index contributed by atoms with van der Waals surface area (Å²) in [4.78, 5) is 16.8. The Balaban J connectivity index is 1.86. The van der Waals surface area contributed by atoms with Crippen LogP contribution < -0.4 is 0 Å². The van der Waals surface area contributed by atoms with Gasteiger partial charge >= 0.3 is 5.97 Å². The number of benzene rings is 2. The van der Waals surface area contributed by atoms with Crippen molar-refractivity contribution in [3.05, 3.63) is 59.4 Å². The monoisotopic (exact) mass is 416 g/mol. The summed E-state index contributed by atoms with van der Waals surface area (Å²) in [5.74, 6) is 0.0127. The summed E-state index contributed by atoms with van der Waals surface area (Å²) in [6.07, 6.45) is 0.854. The first-order valence-corrected chi connectivity index (χ1v) is 10.7. The second-order valence-electron chi connectivity index (χ2n) is 6.44. The maximum absolute atomic E-state index is 13.5. The molecule has 7 heteroatoms. The number of imidazole rings is 1. The van der Waals surface area contributed by atoms with Gasteiger partial charge < -0.3 is 14.0 Å². The lowest BCUT2D eigenvalue weighted by Crippen LogP contribution is -2.05. The number of hydrogen-bond acceptors (Lipinski definition) is 5. The predicted octanol–water partition coefficient (Wildman–Crippen LogP) is 5.07. The Hall–Kier alpha value is -2.38. The molecule has 0 saturated heterocycles. The van der Waals surface area contributed by atoms with Crippen molar-refractivity contribution >= 4 is 28.8 Å². The summed E-state index contributed by atoms with van der Waals surface area (Å²) in [6.45, 7) is 6.20. The van der Waals surface area contributed by atoms with E-state index in [1.54, 1.807) is 36.9 Å². The minimum atomic E-state index is -0.353. The van der Waals surface area contributed by atoms with Crippen molar-refractivity contribution in [2.24, 2.45) is 0 Å². The van der Waals surface area contributed by atoms with E-state index in [1.807, 2.05) is 19.1 Å². The highest BCUT2D eigenvalue weighted by Crippen LogP contribution is 2.28. The number of halogens is 1. The van der Waals surface area contributed by atoms with Crippen LogP contribution in [0.1, 0.15) is 36.2 Å². The highest BCUT2D eigenvalue weighted by molar-refractivity contribution is 7.98. The van der Waals surface area contributed by atoms with Crippen LogP contribution in [0.4, 0.5) is 4.39 Å². The molecule has 0 saturated carbocycles. The lowest BCUT2D eigenvalue weighted by Gasteiger charge is -2.09. The molecule has 154 valence electrons. The molecule has 0 N–H and O–H groups in total. The fraction of sp³-hybridized carbons (Fsp3) is 0.364. The Bertz CT molecular complexity index is 974. The molecule has 3 aromatic rings. The van der Waals surface area contributed by atoms with Crippen LogP contribution in [-0.2, 0) is 21.8 Å². The van der Waals surface area contributed by atoms with Crippen molar-refractivity contribution in [1.29, 1.82) is 0 Å². The van der Waals surface area contributed by atoms with E-state index >= 15 is 0 Å². The van der Waals surface area contributed by atoms with E-state index in [2.05, 4.69) is 4.57 Å². The first kappa shape index (κ1) is 21.3. The van der Waals surface area contributed by atoms with E-state index in [4.69, 9.17) is 14.5 Å². The second kappa shape index (κ2) is 10.4. The van der Waals surface area contributed by atoms with E-state index in [1.165, 1.54) is 12.1 Å². The van der Waals surface area contributed by atoms with Crippen molar-refractivity contribution in [2.45, 2.75) is 37.7 Å². The molecule has 0 unspecified atom stereocenters. The zero-order valence-electron chi connectivity index (χ0n) is 16.7. The SMILES string of the molecule is CCOCCCn1c(SCc2cccc(F)c2)nc2cc(C(=O)OCC)ccc21. The molecule has 3 rings (SSSR count). The van der Waals surface area contributed by atoms with Crippen LogP contribution in [0.25, 0.3) is 11.0 Å². The zero-order chi connectivity index (χ0) is 20.6. The quantitative estimate of drug-likeness (QED) is 0.262. The summed E-state index contributed by atoms with van der Waals surface area (Å²) in [5.41, 5.74) is 3.08. The molecule has 29 heavy (non-hydrogen) atoms. The van der Waals surface area contributed by atoms with Gasteiger partial charge in [-0.05, 0) is 56.2 Å². The van der Waals surface area contributed by atoms with Crippen LogP contribution in [0.5, 0.6) is 0 Å². The summed E-state index contributed by atoms with van der Waals surface area (Å²) < 4.78 is 26.2. The molecular formula is C22H25FN2O3S. The van der Waals surface area contributed by atoms with Gasteiger partial charge in [0.15, 0.2) is 5.16 Å². The van der Waals surface area contributed by atoms with Gasteiger partial charge in [0.1, 0.15) is 5.82 Å². The van der Waals surface area contributed by atoms with Gasteiger partial charge in [-0.3, -0.25) is 0 Å². The third-order valence-corrected chi connectivity index (χ3v) is 5.40. The Morgan fingerprint density at radius 1 is 1.17 bits per heavy atom. The topological polar surface area (TPSA) is 53.4 Å². The summed E-state index contributed by atoms with van der Waals surface area (Å²) >= 11 is 1.55. The minimum absolute atomic E-state index is 0.243. The number of fused-ring (bicyclic) bond motifs is 1. The largest absolute Gasteiger partial charge is 0.462 e. The summed E-state index contributed by atoms with van der Waals surface area (Å²) in [7, 11) is 0. The molecular weight excluding hydrogens is 391 g/mol. The summed E-state index contributed by atoms with van der Waals surface area (Å²) in [6, 6.07) is 12.0. The Kier molecular flexibility index (Phi) is 7.66. The van der Waals surface area contributed by atoms with E-state index in [-0.39, 0.29) is 11.8 Å². The Morgan fingerprint density at radius 2 is 2.03 bits per heavy atom. The fourth-order valence-corrected chi connectivity index (χ4v) is 4.00. The molecule has 0 fully saturated rings. The maximum atomic E-state index is 13.5. The molecule has 0 bridgehead atoms. The average molecular weight is 417 g/mol. The highest BCUT2D eigenvalue weighted by atomic mass is 32.2. The molecule has 0 aliphatic carbocycles. The molecule has 1 heterocycles. The van der Waals surface area contributed by atoms with Crippen molar-refractivity contribution in [2.75, 3.05) is 19.8 Å². The number of ether oxygens (including phenoxy) is 2. The van der Waals surface area contributed by atoms with Gasteiger partial charge in [0, 0.05) is 25.5 Å². The lowest BCUT2D eigenvalue weighted by atomic mass is 10.2. The second-order valence-corrected chi connectivity index (χ2v) is 7.38. The number of thioether (sulfide) groups is 1.